The SMILES string of the molecule is CCc1nn(CC)c(COC(C)C(C)C)c1Br. The van der Waals surface area contributed by atoms with Crippen LogP contribution in [-0.2, 0) is 24.3 Å². The van der Waals surface area contributed by atoms with Gasteiger partial charge in [-0.3, -0.25) is 4.68 Å². The summed E-state index contributed by atoms with van der Waals surface area (Å²) in [6.07, 6.45) is 1.22. The second-order valence-corrected chi connectivity index (χ2v) is 5.43. The maximum absolute atomic E-state index is 5.88. The third kappa shape index (κ3) is 3.55. The van der Waals surface area contributed by atoms with Gasteiger partial charge in [-0.2, -0.15) is 5.10 Å². The molecule has 0 aromatic carbocycles. The second-order valence-electron chi connectivity index (χ2n) is 4.64. The number of halogens is 1. The van der Waals surface area contributed by atoms with Crippen molar-refractivity contribution in [2.45, 2.75) is 60.3 Å². The van der Waals surface area contributed by atoms with Crippen LogP contribution in [0.25, 0.3) is 0 Å². The van der Waals surface area contributed by atoms with Crippen LogP contribution in [0.1, 0.15) is 46.0 Å². The molecule has 1 rings (SSSR count). The van der Waals surface area contributed by atoms with Gasteiger partial charge in [0.05, 0.1) is 28.6 Å². The van der Waals surface area contributed by atoms with Crippen molar-refractivity contribution in [1.82, 2.24) is 9.78 Å². The summed E-state index contributed by atoms with van der Waals surface area (Å²) >= 11 is 3.63. The van der Waals surface area contributed by atoms with Crippen LogP contribution in [0, 0.1) is 5.92 Å². The fraction of sp³-hybridized carbons (Fsp3) is 0.769. The van der Waals surface area contributed by atoms with E-state index in [9.17, 15) is 0 Å². The highest BCUT2D eigenvalue weighted by molar-refractivity contribution is 9.10. The van der Waals surface area contributed by atoms with Gasteiger partial charge in [0.25, 0.3) is 0 Å². The highest BCUT2D eigenvalue weighted by atomic mass is 79.9. The van der Waals surface area contributed by atoms with Crippen LogP contribution >= 0.6 is 15.9 Å². The van der Waals surface area contributed by atoms with E-state index in [0.29, 0.717) is 12.5 Å². The summed E-state index contributed by atoms with van der Waals surface area (Å²) in [5.74, 6) is 0.539. The van der Waals surface area contributed by atoms with Gasteiger partial charge in [-0.25, -0.2) is 0 Å². The Labute approximate surface area is 113 Å². The number of hydrogen-bond acceptors (Lipinski definition) is 2. The molecule has 3 nitrogen and oxygen atoms in total. The van der Waals surface area contributed by atoms with Gasteiger partial charge >= 0.3 is 0 Å². The second kappa shape index (κ2) is 6.55. The molecule has 0 fully saturated rings. The summed E-state index contributed by atoms with van der Waals surface area (Å²) in [5.41, 5.74) is 2.26. The third-order valence-electron chi connectivity index (χ3n) is 3.12. The highest BCUT2D eigenvalue weighted by Gasteiger charge is 2.15. The van der Waals surface area contributed by atoms with Crippen LogP contribution in [0.15, 0.2) is 4.47 Å². The van der Waals surface area contributed by atoms with Gasteiger partial charge < -0.3 is 4.74 Å². The molecule has 0 amide bonds. The third-order valence-corrected chi connectivity index (χ3v) is 4.03. The molecule has 4 heteroatoms. The molecule has 1 unspecified atom stereocenters. The summed E-state index contributed by atoms with van der Waals surface area (Å²) in [7, 11) is 0. The normalized spacial score (nSPS) is 13.4. The summed E-state index contributed by atoms with van der Waals surface area (Å²) in [4.78, 5) is 0. The van der Waals surface area contributed by atoms with Gasteiger partial charge in [0.1, 0.15) is 0 Å². The molecule has 0 spiro atoms. The molecule has 0 aliphatic rings. The maximum Gasteiger partial charge on any atom is 0.0900 e. The fourth-order valence-electron chi connectivity index (χ4n) is 1.56. The first-order valence-corrected chi connectivity index (χ1v) is 7.16. The Morgan fingerprint density at radius 1 is 1.29 bits per heavy atom. The summed E-state index contributed by atoms with van der Waals surface area (Å²) in [6, 6.07) is 0. The molecule has 0 aliphatic heterocycles. The van der Waals surface area contributed by atoms with E-state index in [2.05, 4.69) is 55.6 Å². The molecule has 1 aromatic rings. The molecular weight excluding hydrogens is 280 g/mol. The van der Waals surface area contributed by atoms with Crippen molar-refractivity contribution < 1.29 is 4.74 Å². The molecule has 0 aliphatic carbocycles. The average Bonchev–Trinajstić information content (AvgIpc) is 2.62. The predicted octanol–water partition coefficient (Wildman–Crippen LogP) is 3.79. The van der Waals surface area contributed by atoms with Crippen LogP contribution in [0.5, 0.6) is 0 Å². The van der Waals surface area contributed by atoms with Crippen molar-refractivity contribution in [3.8, 4) is 0 Å². The molecule has 1 heterocycles. The van der Waals surface area contributed by atoms with Crippen LogP contribution < -0.4 is 0 Å². The number of nitrogens with zero attached hydrogens (tertiary/aromatic N) is 2. The van der Waals surface area contributed by atoms with Crippen molar-refractivity contribution in [3.63, 3.8) is 0 Å². The van der Waals surface area contributed by atoms with Crippen molar-refractivity contribution >= 4 is 15.9 Å². The number of rotatable bonds is 6. The Kier molecular flexibility index (Phi) is 5.67. The first-order chi connectivity index (χ1) is 8.01. The Balaban J connectivity index is 2.79. The minimum absolute atomic E-state index is 0.271. The van der Waals surface area contributed by atoms with Gasteiger partial charge in [0.15, 0.2) is 0 Å². The van der Waals surface area contributed by atoms with Gasteiger partial charge in [0, 0.05) is 6.54 Å². The minimum Gasteiger partial charge on any atom is -0.372 e. The number of ether oxygens (including phenoxy) is 1. The lowest BCUT2D eigenvalue weighted by Gasteiger charge is -2.17. The van der Waals surface area contributed by atoms with Crippen LogP contribution in [0.3, 0.4) is 0 Å². The van der Waals surface area contributed by atoms with Crippen LogP contribution in [0.4, 0.5) is 0 Å². The zero-order valence-electron chi connectivity index (χ0n) is 11.5. The molecule has 17 heavy (non-hydrogen) atoms. The molecule has 98 valence electrons. The molecule has 0 bridgehead atoms. The Hall–Kier alpha value is -0.350. The van der Waals surface area contributed by atoms with Crippen molar-refractivity contribution in [2.75, 3.05) is 0 Å². The Bertz CT molecular complexity index is 361. The fourth-order valence-corrected chi connectivity index (χ4v) is 2.24. The van der Waals surface area contributed by atoms with Crippen LogP contribution in [-0.4, -0.2) is 15.9 Å². The van der Waals surface area contributed by atoms with Crippen molar-refractivity contribution in [3.05, 3.63) is 15.9 Å². The number of aryl methyl sites for hydroxylation is 2. The lowest BCUT2D eigenvalue weighted by Crippen LogP contribution is -2.16. The van der Waals surface area contributed by atoms with Gasteiger partial charge in [-0.1, -0.05) is 20.8 Å². The van der Waals surface area contributed by atoms with E-state index in [0.717, 1.165) is 28.8 Å². The van der Waals surface area contributed by atoms with Gasteiger partial charge in [-0.05, 0) is 42.1 Å². The topological polar surface area (TPSA) is 27.1 Å². The molecule has 0 N–H and O–H groups in total. The summed E-state index contributed by atoms with van der Waals surface area (Å²) in [5, 5.41) is 4.56. The molecule has 0 saturated heterocycles. The van der Waals surface area contributed by atoms with E-state index in [1.165, 1.54) is 0 Å². The van der Waals surface area contributed by atoms with Crippen molar-refractivity contribution in [1.29, 1.82) is 0 Å². The quantitative estimate of drug-likeness (QED) is 0.799. The van der Waals surface area contributed by atoms with E-state index >= 15 is 0 Å². The summed E-state index contributed by atoms with van der Waals surface area (Å²) in [6.45, 7) is 12.2. The van der Waals surface area contributed by atoms with Gasteiger partial charge in [0.2, 0.25) is 0 Å². The molecular formula is C13H23BrN2O. The maximum atomic E-state index is 5.88. The minimum atomic E-state index is 0.271. The lowest BCUT2D eigenvalue weighted by atomic mass is 10.1. The van der Waals surface area contributed by atoms with Gasteiger partial charge in [-0.15, -0.1) is 0 Å². The van der Waals surface area contributed by atoms with Crippen LogP contribution in [0.2, 0.25) is 0 Å². The summed E-state index contributed by atoms with van der Waals surface area (Å²) < 4.78 is 9.01. The van der Waals surface area contributed by atoms with E-state index in [-0.39, 0.29) is 6.10 Å². The first kappa shape index (κ1) is 14.7. The number of hydrogen-bond donors (Lipinski definition) is 0. The van der Waals surface area contributed by atoms with E-state index in [1.807, 2.05) is 4.68 Å². The van der Waals surface area contributed by atoms with E-state index < -0.39 is 0 Å². The standard InChI is InChI=1S/C13H23BrN2O/c1-6-11-13(14)12(16(7-2)15-11)8-17-10(5)9(3)4/h9-10H,6-8H2,1-5H3. The zero-order chi connectivity index (χ0) is 13.0. The Morgan fingerprint density at radius 2 is 1.94 bits per heavy atom. The Morgan fingerprint density at radius 3 is 2.41 bits per heavy atom. The smallest absolute Gasteiger partial charge is 0.0900 e. The molecule has 0 saturated carbocycles. The molecule has 1 aromatic heterocycles. The highest BCUT2D eigenvalue weighted by Crippen LogP contribution is 2.23. The molecule has 1 atom stereocenters. The van der Waals surface area contributed by atoms with E-state index in [4.69, 9.17) is 4.74 Å². The van der Waals surface area contributed by atoms with Crippen molar-refractivity contribution in [2.24, 2.45) is 5.92 Å². The predicted molar refractivity (Wildman–Crippen MR) is 74.1 cm³/mol. The lowest BCUT2D eigenvalue weighted by molar-refractivity contribution is 0.0197. The average molecular weight is 303 g/mol. The largest absolute Gasteiger partial charge is 0.372 e. The first-order valence-electron chi connectivity index (χ1n) is 6.36. The zero-order valence-corrected chi connectivity index (χ0v) is 13.0. The monoisotopic (exact) mass is 302 g/mol. The number of aromatic nitrogens is 2. The van der Waals surface area contributed by atoms with E-state index in [1.54, 1.807) is 0 Å². The molecule has 0 radical (unpaired) electrons.